The van der Waals surface area contributed by atoms with Gasteiger partial charge in [-0.05, 0) is 6.42 Å². The number of rotatable bonds is 11. The first-order chi connectivity index (χ1) is 10.5. The van der Waals surface area contributed by atoms with E-state index in [0.29, 0.717) is 6.61 Å². The number of aliphatic hydroxyl groups is 4. The molecule has 0 aromatic heterocycles. The highest BCUT2D eigenvalue weighted by Crippen LogP contribution is 2.24. The van der Waals surface area contributed by atoms with Crippen molar-refractivity contribution >= 4 is 5.97 Å². The summed E-state index contributed by atoms with van der Waals surface area (Å²) >= 11 is 0. The van der Waals surface area contributed by atoms with Crippen molar-refractivity contribution in [3.05, 3.63) is 11.5 Å². The van der Waals surface area contributed by atoms with Gasteiger partial charge in [-0.2, -0.15) is 0 Å². The number of esters is 1. The highest BCUT2D eigenvalue weighted by molar-refractivity contribution is 5.89. The molecule has 1 aliphatic rings. The van der Waals surface area contributed by atoms with Crippen molar-refractivity contribution in [2.75, 3.05) is 26.4 Å². The molecule has 3 atom stereocenters. The topological polar surface area (TPSA) is 126 Å². The molecule has 0 bridgehead atoms. The molecule has 1 heterocycles. The zero-order valence-electron chi connectivity index (χ0n) is 12.6. The van der Waals surface area contributed by atoms with E-state index in [0.717, 1.165) is 19.3 Å². The van der Waals surface area contributed by atoms with Crippen LogP contribution in [0.25, 0.3) is 0 Å². The first-order valence-corrected chi connectivity index (χ1v) is 7.32. The molecule has 0 spiro atoms. The molecule has 1 rings (SSSR count). The van der Waals surface area contributed by atoms with Gasteiger partial charge in [-0.15, -0.1) is 0 Å². The van der Waals surface area contributed by atoms with Crippen molar-refractivity contribution < 1.29 is 39.4 Å². The fourth-order valence-corrected chi connectivity index (χ4v) is 1.83. The van der Waals surface area contributed by atoms with Crippen molar-refractivity contribution in [1.29, 1.82) is 0 Å². The third-order valence-corrected chi connectivity index (χ3v) is 3.08. The predicted molar refractivity (Wildman–Crippen MR) is 74.9 cm³/mol. The number of carbonyl (C=O) groups excluding carboxylic acids is 1. The summed E-state index contributed by atoms with van der Waals surface area (Å²) in [6, 6.07) is 0. The molecule has 0 radical (unpaired) electrons. The monoisotopic (exact) mass is 320 g/mol. The molecule has 0 aromatic carbocycles. The van der Waals surface area contributed by atoms with Crippen molar-refractivity contribution in [2.24, 2.45) is 0 Å². The summed E-state index contributed by atoms with van der Waals surface area (Å²) in [5.41, 5.74) is 0. The first kappa shape index (κ1) is 18.7. The van der Waals surface area contributed by atoms with Gasteiger partial charge in [0.15, 0.2) is 11.9 Å². The third kappa shape index (κ3) is 5.45. The maximum Gasteiger partial charge on any atom is 0.378 e. The summed E-state index contributed by atoms with van der Waals surface area (Å²) in [5, 5.41) is 37.6. The Kier molecular flexibility index (Phi) is 8.18. The molecular weight excluding hydrogens is 296 g/mol. The van der Waals surface area contributed by atoms with E-state index in [-0.39, 0.29) is 13.2 Å². The number of carbonyl (C=O) groups is 1. The van der Waals surface area contributed by atoms with Crippen molar-refractivity contribution in [1.82, 2.24) is 0 Å². The Labute approximate surface area is 128 Å². The summed E-state index contributed by atoms with van der Waals surface area (Å²) < 4.78 is 15.0. The highest BCUT2D eigenvalue weighted by atomic mass is 16.6. The third-order valence-electron chi connectivity index (χ3n) is 3.08. The average molecular weight is 320 g/mol. The molecule has 0 aliphatic carbocycles. The van der Waals surface area contributed by atoms with Crippen molar-refractivity contribution in [3.63, 3.8) is 0 Å². The second-order valence-electron chi connectivity index (χ2n) is 5.04. The lowest BCUT2D eigenvalue weighted by Gasteiger charge is -2.17. The van der Waals surface area contributed by atoms with Crippen LogP contribution in [-0.2, 0) is 19.0 Å². The summed E-state index contributed by atoms with van der Waals surface area (Å²) in [6.07, 6.45) is -0.711. The Morgan fingerprint density at radius 3 is 2.64 bits per heavy atom. The molecule has 0 saturated heterocycles. The van der Waals surface area contributed by atoms with Crippen LogP contribution in [0, 0.1) is 0 Å². The van der Waals surface area contributed by atoms with Crippen LogP contribution < -0.4 is 0 Å². The number of hydrogen-bond donors (Lipinski definition) is 4. The lowest BCUT2D eigenvalue weighted by atomic mass is 10.2. The zero-order valence-corrected chi connectivity index (χ0v) is 12.6. The van der Waals surface area contributed by atoms with Gasteiger partial charge in [-0.3, -0.25) is 0 Å². The zero-order chi connectivity index (χ0) is 16.5. The number of ether oxygens (including phenoxy) is 3. The molecule has 4 N–H and O–H groups in total. The molecule has 0 fully saturated rings. The van der Waals surface area contributed by atoms with Crippen LogP contribution in [0.1, 0.15) is 26.2 Å². The van der Waals surface area contributed by atoms with Crippen LogP contribution in [-0.4, -0.2) is 71.1 Å². The van der Waals surface area contributed by atoms with E-state index in [1.807, 2.05) is 0 Å². The maximum absolute atomic E-state index is 11.6. The van der Waals surface area contributed by atoms with E-state index in [9.17, 15) is 15.0 Å². The van der Waals surface area contributed by atoms with Crippen LogP contribution in [0.3, 0.4) is 0 Å². The standard InChI is InChI=1S/C14H24O8/c1-2-3-4-5-20-8-10(17)12-11(18)13(14(19)22-12)21-7-9(16)6-15/h9-10,12,15-18H,2-8H2,1H3/t9?,10-,12+/m0/s1. The van der Waals surface area contributed by atoms with Crippen LogP contribution in [0.2, 0.25) is 0 Å². The van der Waals surface area contributed by atoms with E-state index in [1.165, 1.54) is 0 Å². The van der Waals surface area contributed by atoms with E-state index >= 15 is 0 Å². The Morgan fingerprint density at radius 2 is 2.00 bits per heavy atom. The number of unbranched alkanes of at least 4 members (excludes halogenated alkanes) is 2. The van der Waals surface area contributed by atoms with Gasteiger partial charge in [0.05, 0.1) is 13.2 Å². The average Bonchev–Trinajstić information content (AvgIpc) is 2.79. The minimum atomic E-state index is -1.25. The lowest BCUT2D eigenvalue weighted by molar-refractivity contribution is -0.149. The van der Waals surface area contributed by atoms with Gasteiger partial charge < -0.3 is 34.6 Å². The predicted octanol–water partition coefficient (Wildman–Crippen LogP) is -0.381. The SMILES string of the molecule is CCCCCOC[C@H](O)[C@H]1OC(=O)C(OCC(O)CO)=C1O. The van der Waals surface area contributed by atoms with Crippen LogP contribution in [0.15, 0.2) is 11.5 Å². The summed E-state index contributed by atoms with van der Waals surface area (Å²) in [6.45, 7) is 1.54. The second kappa shape index (κ2) is 9.62. The lowest BCUT2D eigenvalue weighted by Crippen LogP contribution is -2.33. The van der Waals surface area contributed by atoms with E-state index in [1.54, 1.807) is 0 Å². The summed E-state index contributed by atoms with van der Waals surface area (Å²) in [7, 11) is 0. The van der Waals surface area contributed by atoms with Crippen molar-refractivity contribution in [3.8, 4) is 0 Å². The van der Waals surface area contributed by atoms with Crippen LogP contribution in [0.5, 0.6) is 0 Å². The van der Waals surface area contributed by atoms with Gasteiger partial charge in [-0.25, -0.2) is 4.79 Å². The largest absolute Gasteiger partial charge is 0.505 e. The quantitative estimate of drug-likeness (QED) is 0.300. The normalized spacial score (nSPS) is 20.9. The Morgan fingerprint density at radius 1 is 1.27 bits per heavy atom. The molecule has 22 heavy (non-hydrogen) atoms. The van der Waals surface area contributed by atoms with Gasteiger partial charge >= 0.3 is 5.97 Å². The van der Waals surface area contributed by atoms with E-state index in [4.69, 9.17) is 24.4 Å². The fourth-order valence-electron chi connectivity index (χ4n) is 1.83. The Bertz CT molecular complexity index is 381. The minimum Gasteiger partial charge on any atom is -0.505 e. The van der Waals surface area contributed by atoms with Gasteiger partial charge in [0, 0.05) is 6.61 Å². The maximum atomic E-state index is 11.6. The highest BCUT2D eigenvalue weighted by Gasteiger charge is 2.40. The molecule has 8 heteroatoms. The van der Waals surface area contributed by atoms with Crippen molar-refractivity contribution in [2.45, 2.75) is 44.5 Å². The Balaban J connectivity index is 2.46. The molecule has 8 nitrogen and oxygen atoms in total. The number of hydrogen-bond acceptors (Lipinski definition) is 8. The van der Waals surface area contributed by atoms with Crippen LogP contribution in [0.4, 0.5) is 0 Å². The fraction of sp³-hybridized carbons (Fsp3) is 0.786. The number of aliphatic hydroxyl groups excluding tert-OH is 4. The molecule has 0 saturated carbocycles. The second-order valence-corrected chi connectivity index (χ2v) is 5.04. The van der Waals surface area contributed by atoms with Gasteiger partial charge in [-0.1, -0.05) is 19.8 Å². The molecule has 128 valence electrons. The smallest absolute Gasteiger partial charge is 0.378 e. The molecule has 1 aliphatic heterocycles. The Hall–Kier alpha value is -1.35. The van der Waals surface area contributed by atoms with Gasteiger partial charge in [0.25, 0.3) is 0 Å². The van der Waals surface area contributed by atoms with E-state index < -0.39 is 42.4 Å². The van der Waals surface area contributed by atoms with Gasteiger partial charge in [0.1, 0.15) is 18.8 Å². The molecule has 0 aromatic rings. The minimum absolute atomic E-state index is 0.0851. The summed E-state index contributed by atoms with van der Waals surface area (Å²) in [4.78, 5) is 11.6. The van der Waals surface area contributed by atoms with Crippen LogP contribution >= 0.6 is 0 Å². The van der Waals surface area contributed by atoms with E-state index in [2.05, 4.69) is 6.92 Å². The summed E-state index contributed by atoms with van der Waals surface area (Å²) in [5.74, 6) is -1.94. The molecule has 0 amide bonds. The molecular formula is C14H24O8. The van der Waals surface area contributed by atoms with Gasteiger partial charge in [0.2, 0.25) is 5.76 Å². The molecule has 1 unspecified atom stereocenters. The number of cyclic esters (lactones) is 1. The first-order valence-electron chi connectivity index (χ1n) is 7.32.